The van der Waals surface area contributed by atoms with Crippen LogP contribution in [0.2, 0.25) is 0 Å². The van der Waals surface area contributed by atoms with Crippen molar-refractivity contribution in [3.63, 3.8) is 0 Å². The van der Waals surface area contributed by atoms with E-state index < -0.39 is 29.1 Å². The Hall–Kier alpha value is -2.28. The molecule has 0 radical (unpaired) electrons. The van der Waals surface area contributed by atoms with E-state index >= 15 is 0 Å². The molecular formula is C21H23F2NO3S. The van der Waals surface area contributed by atoms with Gasteiger partial charge in [-0.1, -0.05) is 26.8 Å². The minimum Gasteiger partial charge on any atom is -0.465 e. The summed E-state index contributed by atoms with van der Waals surface area (Å²) < 4.78 is 32.8. The largest absolute Gasteiger partial charge is 0.465 e. The molecule has 1 aromatic heterocycles. The van der Waals surface area contributed by atoms with Crippen molar-refractivity contribution in [2.75, 3.05) is 12.4 Å². The molecule has 1 amide bonds. The number of fused-ring (bicyclic) bond motifs is 1. The van der Waals surface area contributed by atoms with E-state index in [2.05, 4.69) is 26.1 Å². The van der Waals surface area contributed by atoms with Gasteiger partial charge in [0.15, 0.2) is 0 Å². The van der Waals surface area contributed by atoms with Gasteiger partial charge in [-0.05, 0) is 48.3 Å². The van der Waals surface area contributed by atoms with Gasteiger partial charge in [-0.25, -0.2) is 13.6 Å². The van der Waals surface area contributed by atoms with E-state index in [4.69, 9.17) is 4.74 Å². The van der Waals surface area contributed by atoms with Crippen molar-refractivity contribution in [2.24, 2.45) is 11.3 Å². The Bertz CT molecular complexity index is 910. The molecule has 1 heterocycles. The molecule has 1 aliphatic carbocycles. The number of halogens is 2. The van der Waals surface area contributed by atoms with Crippen LogP contribution < -0.4 is 5.32 Å². The third-order valence-electron chi connectivity index (χ3n) is 5.30. The van der Waals surface area contributed by atoms with E-state index in [1.165, 1.54) is 24.5 Å². The first-order valence-corrected chi connectivity index (χ1v) is 9.93. The van der Waals surface area contributed by atoms with Gasteiger partial charge in [-0.3, -0.25) is 4.79 Å². The van der Waals surface area contributed by atoms with Crippen LogP contribution in [0.1, 0.15) is 58.3 Å². The van der Waals surface area contributed by atoms with E-state index in [9.17, 15) is 18.4 Å². The highest BCUT2D eigenvalue weighted by atomic mass is 32.1. The first-order valence-electron chi connectivity index (χ1n) is 9.11. The van der Waals surface area contributed by atoms with Gasteiger partial charge in [0, 0.05) is 4.88 Å². The summed E-state index contributed by atoms with van der Waals surface area (Å²) in [5, 5.41) is 2.81. The second-order valence-electron chi connectivity index (χ2n) is 8.06. The summed E-state index contributed by atoms with van der Waals surface area (Å²) in [5.41, 5.74) is 0.603. The Morgan fingerprint density at radius 2 is 1.82 bits per heavy atom. The second-order valence-corrected chi connectivity index (χ2v) is 9.16. The number of anilines is 1. The quantitative estimate of drug-likeness (QED) is 0.710. The first-order chi connectivity index (χ1) is 13.1. The lowest BCUT2D eigenvalue weighted by Crippen LogP contribution is -2.26. The van der Waals surface area contributed by atoms with Crippen LogP contribution in [0.4, 0.5) is 13.8 Å². The summed E-state index contributed by atoms with van der Waals surface area (Å²) in [6.07, 6.45) is 2.41. The van der Waals surface area contributed by atoms with Crippen LogP contribution >= 0.6 is 11.3 Å². The van der Waals surface area contributed by atoms with Crippen LogP contribution in [-0.4, -0.2) is 19.0 Å². The lowest BCUT2D eigenvalue weighted by Gasteiger charge is -2.33. The highest BCUT2D eigenvalue weighted by Gasteiger charge is 2.34. The first kappa shape index (κ1) is 20.5. The summed E-state index contributed by atoms with van der Waals surface area (Å²) in [6.45, 7) is 6.55. The summed E-state index contributed by atoms with van der Waals surface area (Å²) in [4.78, 5) is 25.9. The number of hydrogen-bond acceptors (Lipinski definition) is 4. The van der Waals surface area contributed by atoms with Crippen LogP contribution in [0.5, 0.6) is 0 Å². The highest BCUT2D eigenvalue weighted by molar-refractivity contribution is 7.17. The van der Waals surface area contributed by atoms with Gasteiger partial charge in [0.05, 0.1) is 12.7 Å². The number of esters is 1. The Balaban J connectivity index is 1.99. The van der Waals surface area contributed by atoms with Crippen molar-refractivity contribution in [3.05, 3.63) is 51.4 Å². The predicted octanol–water partition coefficient (Wildman–Crippen LogP) is 5.22. The molecule has 0 saturated carbocycles. The molecule has 0 aliphatic heterocycles. The SMILES string of the molecule is COC(=O)c1c(NC(=O)c2c(F)cccc2F)sc2c1CC[C@@H](C(C)(C)C)C2. The molecule has 0 spiro atoms. The number of rotatable bonds is 3. The third kappa shape index (κ3) is 3.81. The number of ether oxygens (including phenoxy) is 1. The minimum absolute atomic E-state index is 0.118. The van der Waals surface area contributed by atoms with Crippen LogP contribution in [0.25, 0.3) is 0 Å². The molecule has 1 N–H and O–H groups in total. The molecule has 1 atom stereocenters. The van der Waals surface area contributed by atoms with Gasteiger partial charge < -0.3 is 10.1 Å². The van der Waals surface area contributed by atoms with Crippen molar-refractivity contribution in [1.82, 2.24) is 0 Å². The zero-order valence-electron chi connectivity index (χ0n) is 16.3. The van der Waals surface area contributed by atoms with Crippen molar-refractivity contribution in [3.8, 4) is 0 Å². The van der Waals surface area contributed by atoms with Gasteiger partial charge in [0.2, 0.25) is 0 Å². The Morgan fingerprint density at radius 3 is 2.39 bits per heavy atom. The number of hydrogen-bond donors (Lipinski definition) is 1. The molecule has 4 nitrogen and oxygen atoms in total. The number of carbonyl (C=O) groups is 2. The van der Waals surface area contributed by atoms with Crippen molar-refractivity contribution in [2.45, 2.75) is 40.0 Å². The average molecular weight is 407 g/mol. The van der Waals surface area contributed by atoms with Crippen molar-refractivity contribution < 1.29 is 23.1 Å². The molecule has 0 bridgehead atoms. The van der Waals surface area contributed by atoms with Gasteiger partial charge >= 0.3 is 5.97 Å². The predicted molar refractivity (Wildman–Crippen MR) is 105 cm³/mol. The lowest BCUT2D eigenvalue weighted by atomic mass is 9.72. The Morgan fingerprint density at radius 1 is 1.18 bits per heavy atom. The molecule has 7 heteroatoms. The van der Waals surface area contributed by atoms with Crippen molar-refractivity contribution >= 4 is 28.2 Å². The van der Waals surface area contributed by atoms with Gasteiger partial charge in [0.1, 0.15) is 22.2 Å². The fraction of sp³-hybridized carbons (Fsp3) is 0.429. The highest BCUT2D eigenvalue weighted by Crippen LogP contribution is 2.44. The number of thiophene rings is 1. The number of amides is 1. The van der Waals surface area contributed by atoms with Gasteiger partial charge in [0.25, 0.3) is 5.91 Å². The van der Waals surface area contributed by atoms with Gasteiger partial charge in [-0.2, -0.15) is 0 Å². The summed E-state index contributed by atoms with van der Waals surface area (Å²) in [7, 11) is 1.27. The maximum absolute atomic E-state index is 13.9. The number of methoxy groups -OCH3 is 1. The fourth-order valence-corrected chi connectivity index (χ4v) is 4.92. The zero-order chi connectivity index (χ0) is 20.6. The van der Waals surface area contributed by atoms with E-state index in [1.807, 2.05) is 0 Å². The third-order valence-corrected chi connectivity index (χ3v) is 6.47. The van der Waals surface area contributed by atoms with Crippen LogP contribution in [0, 0.1) is 23.0 Å². The normalized spacial score (nSPS) is 16.4. The summed E-state index contributed by atoms with van der Waals surface area (Å²) >= 11 is 1.28. The summed E-state index contributed by atoms with van der Waals surface area (Å²) in [6, 6.07) is 3.23. The molecule has 0 saturated heterocycles. The monoisotopic (exact) mass is 407 g/mol. The Labute approximate surface area is 166 Å². The molecule has 3 rings (SSSR count). The molecule has 0 fully saturated rings. The molecule has 0 unspecified atom stereocenters. The maximum Gasteiger partial charge on any atom is 0.341 e. The van der Waals surface area contributed by atoms with Crippen molar-refractivity contribution in [1.29, 1.82) is 0 Å². The molecule has 1 aromatic carbocycles. The molecule has 1 aliphatic rings. The number of nitrogens with one attached hydrogen (secondary N) is 1. The van der Waals surface area contributed by atoms with Crippen LogP contribution in [-0.2, 0) is 17.6 Å². The number of benzene rings is 1. The van der Waals surface area contributed by atoms with Crippen LogP contribution in [0.3, 0.4) is 0 Å². The smallest absolute Gasteiger partial charge is 0.341 e. The van der Waals surface area contributed by atoms with E-state index in [0.717, 1.165) is 35.4 Å². The molecule has 28 heavy (non-hydrogen) atoms. The van der Waals surface area contributed by atoms with Gasteiger partial charge in [-0.15, -0.1) is 11.3 Å². The summed E-state index contributed by atoms with van der Waals surface area (Å²) in [5.74, 6) is -2.95. The second kappa shape index (κ2) is 7.62. The average Bonchev–Trinajstić information content (AvgIpc) is 2.97. The number of carbonyl (C=O) groups excluding carboxylic acids is 2. The van der Waals surface area contributed by atoms with Crippen LogP contribution in [0.15, 0.2) is 18.2 Å². The molecular weight excluding hydrogens is 384 g/mol. The fourth-order valence-electron chi connectivity index (χ4n) is 3.61. The van der Waals surface area contributed by atoms with E-state index in [1.54, 1.807) is 0 Å². The minimum atomic E-state index is -0.953. The standard InChI is InChI=1S/C21H23F2NO3S/c1-21(2,3)11-8-9-12-15(10-11)28-19(16(12)20(26)27-4)24-18(25)17-13(22)6-5-7-14(17)23/h5-7,11H,8-10H2,1-4H3,(H,24,25)/t11-/m1/s1. The Kier molecular flexibility index (Phi) is 5.57. The molecule has 2 aromatic rings. The molecule has 150 valence electrons. The van der Waals surface area contributed by atoms with E-state index in [0.29, 0.717) is 17.9 Å². The topological polar surface area (TPSA) is 55.4 Å². The van der Waals surface area contributed by atoms with E-state index in [-0.39, 0.29) is 10.4 Å². The lowest BCUT2D eigenvalue weighted by molar-refractivity contribution is 0.0600. The zero-order valence-corrected chi connectivity index (χ0v) is 17.1. The maximum atomic E-state index is 13.9.